The van der Waals surface area contributed by atoms with Crippen LogP contribution in [-0.4, -0.2) is 338 Å². The number of carboxylic acids is 3. The number of hydrogen-bond acceptors (Lipinski definition) is 18. The number of ketones is 1. The first-order valence-electron chi connectivity index (χ1n) is 39.7. The van der Waals surface area contributed by atoms with Gasteiger partial charge in [-0.2, -0.15) is 16.7 Å². The molecule has 0 aromatic carbocycles. The Balaban J connectivity index is -0.0000000729. The number of H-pyrrole nitrogens is 1. The smallest absolute Gasteiger partial charge is 0.317 e. The Morgan fingerprint density at radius 3 is 1.33 bits per heavy atom. The van der Waals surface area contributed by atoms with Crippen LogP contribution in [0.15, 0.2) is 4.99 Å². The molecule has 0 aliphatic carbocycles. The summed E-state index contributed by atoms with van der Waals surface area (Å²) in [6.45, 7) is 47.8. The monoisotopic (exact) mass is 1730 g/mol. The van der Waals surface area contributed by atoms with Crippen LogP contribution in [0.1, 0.15) is 289 Å². The standard InChI is InChI=1S/C17H31N3O7.C11H21N3.C10H23N.C8H14N4S.C7H17N.C7H16S.C6H14N2S.2C5H12.9Si/c1-3-4-5-18(11-15(22)23)6-7-19(12-16(24)25)8-9-20(10-14(2)21)13-17(26)27;1-2-3-7-13-9-5-10-14-8-4-6-12-11(13)14;1-3-5-7-8-10-11-9-6-4-2;1-3-4-5-9-7-10-6(2)11-8(13)12-7;2*1-3-5-7-8-6-4-2;1-3-4-5-8-6(9)7-2;2*1-3-5-4-2;;;;;;;;;/h3-13H2,1-2H3,(H,22,23)(H,24,25)(H,26,27);2-10H2,1H3;11H,3-10H2,1-2H3;3-5H2,1-2H3,(H2,9,10,11,12,13);8H,3-7H2,1-2H3;3-7H2,1-2H3;3-5H2,1-2H3,(H2,7,8,9);2*3-5H2,1-2H3;;;;;;;;;. The number of aliphatic imine (C=N–C) groups is 1. The summed E-state index contributed by atoms with van der Waals surface area (Å²) in [5.41, 5.74) is 0. The highest BCUT2D eigenvalue weighted by molar-refractivity contribution is 7.99. The number of thiocarbonyl (C=S) groups is 1. The van der Waals surface area contributed by atoms with Crippen molar-refractivity contribution in [2.24, 2.45) is 4.99 Å². The van der Waals surface area contributed by atoms with Gasteiger partial charge in [0.05, 0.1) is 26.2 Å². The molecule has 0 amide bonds. The van der Waals surface area contributed by atoms with Crippen molar-refractivity contribution >= 4 is 176 Å². The fourth-order valence-corrected chi connectivity index (χ4v) is 10.5. The Hall–Kier alpha value is -1.83. The molecule has 2 aliphatic rings. The Kier molecular flexibility index (Phi) is 153. The zero-order valence-electron chi connectivity index (χ0n) is 72.1. The molecule has 0 spiro atoms. The average Bonchev–Trinajstić information content (AvgIpc) is 0.835. The van der Waals surface area contributed by atoms with Crippen LogP contribution >= 0.6 is 36.2 Å². The number of carboxylic acid groups (broad SMARTS) is 3. The van der Waals surface area contributed by atoms with Gasteiger partial charge in [0.25, 0.3) is 0 Å². The quantitative estimate of drug-likeness (QED) is 0.0167. The molecule has 9 N–H and O–H groups in total. The minimum absolute atomic E-state index is 0. The second-order valence-electron chi connectivity index (χ2n) is 25.4. The number of unbranched alkanes of at least 4 members (excludes halogenated alkanes) is 14. The second kappa shape index (κ2) is 117. The molecule has 3 heterocycles. The maximum absolute atomic E-state index is 11.3. The molecule has 0 bridgehead atoms. The Morgan fingerprint density at radius 1 is 0.468 bits per heavy atom. The predicted molar refractivity (Wildman–Crippen MR) is 492 cm³/mol. The molecule has 33 heteroatoms. The van der Waals surface area contributed by atoms with E-state index in [9.17, 15) is 19.2 Å². The van der Waals surface area contributed by atoms with Gasteiger partial charge in [0.2, 0.25) is 10.7 Å². The first-order valence-corrected chi connectivity index (χ1v) is 41.6. The minimum atomic E-state index is -1.06. The number of aromatic amines is 1. The van der Waals surface area contributed by atoms with Crippen LogP contribution < -0.4 is 26.6 Å². The molecule has 0 unspecified atom stereocenters. The largest absolute Gasteiger partial charge is 0.480 e. The first-order chi connectivity index (χ1) is 48.1. The second-order valence-corrected chi connectivity index (χ2v) is 27.4. The number of hydrogen-bond donors (Lipinski definition) is 9. The average molecular weight is 1730 g/mol. The van der Waals surface area contributed by atoms with Crippen LogP contribution in [0.4, 0.5) is 5.95 Å². The summed E-state index contributed by atoms with van der Waals surface area (Å²) >= 11 is 11.8. The van der Waals surface area contributed by atoms with E-state index in [1.807, 2.05) is 20.9 Å². The molecule has 0 saturated carbocycles. The van der Waals surface area contributed by atoms with Gasteiger partial charge in [-0.3, -0.25) is 38.9 Å². The lowest BCUT2D eigenvalue weighted by Gasteiger charge is -2.41. The lowest BCUT2D eigenvalue weighted by Crippen LogP contribution is -2.52. The number of aryl methyl sites for hydroxylation is 1. The molecule has 1 aromatic rings. The van der Waals surface area contributed by atoms with E-state index >= 15 is 0 Å². The number of nitrogens with zero attached hydrogens (tertiary/aromatic N) is 8. The van der Waals surface area contributed by atoms with Gasteiger partial charge >= 0.3 is 17.9 Å². The molecule has 1 fully saturated rings. The summed E-state index contributed by atoms with van der Waals surface area (Å²) in [4.78, 5) is 69.7. The van der Waals surface area contributed by atoms with Crippen molar-refractivity contribution in [3.63, 3.8) is 0 Å². The SMILES string of the molecule is CCCCC.CCCCC.CCCCCCNCCCC.CCCCN(CCN(CCN(CC(C)=O)CC(=O)O)CC(=O)O)CC(=O)O.CCCCN1CCCN2CCCN=C12.CCCCNC(=S)NC.CCCCNCCC.CCCCNc1nc(=S)nc(C)[nH]1.CCCCSCCC.[Si].[Si].[Si].[Si].[Si].[Si].[Si].[Si].[Si]. The third-order valence-corrected chi connectivity index (χ3v) is 16.8. The van der Waals surface area contributed by atoms with Crippen molar-refractivity contribution < 1.29 is 34.5 Å². The number of fused-ring (bicyclic) bond motifs is 1. The third kappa shape index (κ3) is 117. The molecule has 1 aromatic heterocycles. The van der Waals surface area contributed by atoms with Gasteiger partial charge in [-0.05, 0) is 160 Å². The number of carbonyl (C=O) groups is 4. The number of aliphatic carboxylic acids is 3. The van der Waals surface area contributed by atoms with Gasteiger partial charge in [-0.1, -0.05) is 200 Å². The van der Waals surface area contributed by atoms with Crippen molar-refractivity contribution in [2.45, 2.75) is 291 Å². The highest BCUT2D eigenvalue weighted by Crippen LogP contribution is 2.15. The summed E-state index contributed by atoms with van der Waals surface area (Å²) in [5.74, 6) is 2.31. The summed E-state index contributed by atoms with van der Waals surface area (Å²) < 4.78 is 0.384. The van der Waals surface area contributed by atoms with Crippen LogP contribution in [-0.2, 0) is 19.2 Å². The Labute approximate surface area is 726 Å². The number of nitrogens with one attached hydrogen (secondary N) is 6. The van der Waals surface area contributed by atoms with Crippen molar-refractivity contribution in [1.82, 2.24) is 60.7 Å². The maximum Gasteiger partial charge on any atom is 0.317 e. The number of carbonyl (C=O) groups excluding carboxylic acids is 1. The molecular weight excluding hydrogens is 1570 g/mol. The van der Waals surface area contributed by atoms with Gasteiger partial charge < -0.3 is 56.7 Å². The van der Waals surface area contributed by atoms with Gasteiger partial charge in [0.15, 0.2) is 11.1 Å². The predicted octanol–water partition coefficient (Wildman–Crippen LogP) is 12.7. The molecule has 21 nitrogen and oxygen atoms in total. The number of rotatable bonds is 49. The normalized spacial score (nSPS) is 10.8. The summed E-state index contributed by atoms with van der Waals surface area (Å²) in [6, 6.07) is 0. The maximum atomic E-state index is 11.3. The number of thioether (sulfide) groups is 1. The van der Waals surface area contributed by atoms with E-state index < -0.39 is 17.9 Å². The fourth-order valence-electron chi connectivity index (χ4n) is 9.19. The number of aromatic nitrogens is 3. The summed E-state index contributed by atoms with van der Waals surface area (Å²) in [7, 11) is 1.82. The zero-order chi connectivity index (χ0) is 76.5. The zero-order valence-corrected chi connectivity index (χ0v) is 83.6. The fraction of sp³-hybridized carbons (Fsp3) is 0.882. The molecule has 0 atom stereocenters. The van der Waals surface area contributed by atoms with Crippen LogP contribution in [0.3, 0.4) is 0 Å². The first kappa shape index (κ1) is 142. The molecule has 36 radical (unpaired) electrons. The molecule has 630 valence electrons. The van der Waals surface area contributed by atoms with E-state index in [1.165, 1.54) is 236 Å². The topological polar surface area (TPSA) is 259 Å². The summed E-state index contributed by atoms with van der Waals surface area (Å²) in [6.07, 6.45) is 35.8. The number of anilines is 1. The van der Waals surface area contributed by atoms with Crippen LogP contribution in [0.2, 0.25) is 0 Å². The van der Waals surface area contributed by atoms with Crippen molar-refractivity contribution in [2.75, 3.05) is 155 Å². The highest BCUT2D eigenvalue weighted by atomic mass is 32.2. The van der Waals surface area contributed by atoms with Crippen LogP contribution in [0, 0.1) is 11.7 Å². The molecule has 109 heavy (non-hydrogen) atoms. The van der Waals surface area contributed by atoms with Crippen molar-refractivity contribution in [3.05, 3.63) is 10.6 Å². The molecule has 3 rings (SSSR count). The Morgan fingerprint density at radius 2 is 0.899 bits per heavy atom. The highest BCUT2D eigenvalue weighted by Gasteiger charge is 2.25. The summed E-state index contributed by atoms with van der Waals surface area (Å²) in [5, 5.41) is 43.6. The van der Waals surface area contributed by atoms with Crippen LogP contribution in [0.25, 0.3) is 0 Å². The van der Waals surface area contributed by atoms with Gasteiger partial charge in [0.1, 0.15) is 11.6 Å². The van der Waals surface area contributed by atoms with E-state index in [4.69, 9.17) is 39.8 Å². The van der Waals surface area contributed by atoms with Crippen LogP contribution in [0.5, 0.6) is 0 Å². The molecule has 2 aliphatic heterocycles. The lowest BCUT2D eigenvalue weighted by atomic mass is 10.2. The van der Waals surface area contributed by atoms with E-state index in [0.717, 1.165) is 56.3 Å². The van der Waals surface area contributed by atoms with E-state index in [1.54, 1.807) is 9.80 Å². The number of guanidine groups is 1. The molecular formula is C76H160N14O7S3Si9. The third-order valence-electron chi connectivity index (χ3n) is 14.9. The van der Waals surface area contributed by atoms with Crippen molar-refractivity contribution in [3.8, 4) is 0 Å². The van der Waals surface area contributed by atoms with Gasteiger partial charge in [-0.25, -0.2) is 4.98 Å². The molecule has 1 saturated heterocycles. The minimum Gasteiger partial charge on any atom is -0.480 e. The van der Waals surface area contributed by atoms with E-state index in [-0.39, 0.29) is 144 Å². The van der Waals surface area contributed by atoms with Gasteiger partial charge in [0, 0.05) is 178 Å². The number of Topliss-reactive ketones (excluding diaryl/α,β-unsaturated/α-hetero) is 1. The van der Waals surface area contributed by atoms with E-state index in [2.05, 4.69) is 158 Å². The lowest BCUT2D eigenvalue weighted by molar-refractivity contribution is -0.140. The van der Waals surface area contributed by atoms with Gasteiger partial charge in [-0.15, -0.1) is 0 Å². The Bertz CT molecular complexity index is 2000. The van der Waals surface area contributed by atoms with E-state index in [0.29, 0.717) is 30.4 Å². The van der Waals surface area contributed by atoms with Crippen molar-refractivity contribution in [1.29, 1.82) is 0 Å².